The van der Waals surface area contributed by atoms with Crippen molar-refractivity contribution in [2.45, 2.75) is 25.4 Å². The average molecular weight is 402 g/mol. The van der Waals surface area contributed by atoms with Crippen LogP contribution in [0.5, 0.6) is 5.75 Å². The normalized spacial score (nSPS) is 15.1. The largest absolute Gasteiger partial charge is 0.490 e. The molecule has 0 unspecified atom stereocenters. The molecule has 1 saturated heterocycles. The van der Waals surface area contributed by atoms with Gasteiger partial charge in [0.1, 0.15) is 17.7 Å². The zero-order chi connectivity index (χ0) is 20.8. The van der Waals surface area contributed by atoms with Crippen molar-refractivity contribution >= 4 is 5.82 Å². The third-order valence-electron chi connectivity index (χ3n) is 5.79. The molecule has 1 aliphatic heterocycles. The molecule has 0 radical (unpaired) electrons. The Morgan fingerprint density at radius 1 is 0.900 bits per heavy atom. The molecule has 4 rings (SSSR count). The van der Waals surface area contributed by atoms with Gasteiger partial charge in [0.15, 0.2) is 0 Å². The molecular weight excluding hydrogens is 370 g/mol. The molecule has 2 heterocycles. The van der Waals surface area contributed by atoms with E-state index in [-0.39, 0.29) is 0 Å². The molecular formula is C26H31N3O. The van der Waals surface area contributed by atoms with Crippen molar-refractivity contribution in [2.75, 3.05) is 38.6 Å². The second kappa shape index (κ2) is 9.77. The van der Waals surface area contributed by atoms with Gasteiger partial charge in [-0.05, 0) is 54.7 Å². The van der Waals surface area contributed by atoms with Gasteiger partial charge in [-0.15, -0.1) is 0 Å². The number of pyridine rings is 1. The van der Waals surface area contributed by atoms with Crippen LogP contribution >= 0.6 is 0 Å². The number of aromatic nitrogens is 1. The summed E-state index contributed by atoms with van der Waals surface area (Å²) in [6.45, 7) is 3.35. The Balaban J connectivity index is 1.25. The van der Waals surface area contributed by atoms with Crippen molar-refractivity contribution < 1.29 is 4.74 Å². The highest BCUT2D eigenvalue weighted by molar-refractivity contribution is 5.64. The minimum atomic E-state index is 0.310. The quantitative estimate of drug-likeness (QED) is 0.563. The lowest BCUT2D eigenvalue weighted by molar-refractivity contribution is 0.101. The number of piperidine rings is 1. The first kappa shape index (κ1) is 20.4. The molecule has 0 spiro atoms. The summed E-state index contributed by atoms with van der Waals surface area (Å²) in [7, 11) is 4.00. The third-order valence-corrected chi connectivity index (χ3v) is 5.79. The number of likely N-dealkylation sites (tertiary alicyclic amines) is 1. The lowest BCUT2D eigenvalue weighted by atomic mass is 10.1. The molecule has 156 valence electrons. The van der Waals surface area contributed by atoms with Crippen LogP contribution in [0.25, 0.3) is 11.1 Å². The van der Waals surface area contributed by atoms with Gasteiger partial charge >= 0.3 is 0 Å². The van der Waals surface area contributed by atoms with Crippen LogP contribution in [0.15, 0.2) is 72.9 Å². The summed E-state index contributed by atoms with van der Waals surface area (Å²) in [5.41, 5.74) is 3.71. The number of nitrogens with zero attached hydrogens (tertiary/aromatic N) is 3. The van der Waals surface area contributed by atoms with Crippen molar-refractivity contribution in [1.29, 1.82) is 0 Å². The fourth-order valence-electron chi connectivity index (χ4n) is 3.92. The number of hydrogen-bond donors (Lipinski definition) is 0. The molecule has 30 heavy (non-hydrogen) atoms. The van der Waals surface area contributed by atoms with Crippen LogP contribution in [0, 0.1) is 0 Å². The van der Waals surface area contributed by atoms with E-state index in [0.29, 0.717) is 6.10 Å². The molecule has 0 saturated carbocycles. The lowest BCUT2D eigenvalue weighted by Crippen LogP contribution is -2.39. The zero-order valence-corrected chi connectivity index (χ0v) is 18.0. The number of ether oxygens (including phenoxy) is 1. The maximum Gasteiger partial charge on any atom is 0.127 e. The van der Waals surface area contributed by atoms with Crippen LogP contribution in [0.1, 0.15) is 18.4 Å². The maximum absolute atomic E-state index is 6.26. The van der Waals surface area contributed by atoms with Crippen LogP contribution in [-0.2, 0) is 6.42 Å². The Morgan fingerprint density at radius 2 is 1.60 bits per heavy atom. The van der Waals surface area contributed by atoms with Gasteiger partial charge in [-0.2, -0.15) is 0 Å². The monoisotopic (exact) mass is 401 g/mol. The third kappa shape index (κ3) is 5.39. The van der Waals surface area contributed by atoms with Gasteiger partial charge in [0, 0.05) is 45.5 Å². The number of hydrogen-bond acceptors (Lipinski definition) is 4. The fourth-order valence-corrected chi connectivity index (χ4v) is 3.92. The topological polar surface area (TPSA) is 28.6 Å². The first-order valence-electron chi connectivity index (χ1n) is 10.8. The van der Waals surface area contributed by atoms with Crippen molar-refractivity contribution in [2.24, 2.45) is 0 Å². The van der Waals surface area contributed by atoms with E-state index >= 15 is 0 Å². The summed E-state index contributed by atoms with van der Waals surface area (Å²) in [5.74, 6) is 1.92. The van der Waals surface area contributed by atoms with E-state index < -0.39 is 0 Å². The van der Waals surface area contributed by atoms with Crippen LogP contribution in [-0.4, -0.2) is 49.7 Å². The predicted molar refractivity (Wildman–Crippen MR) is 124 cm³/mol. The lowest BCUT2D eigenvalue weighted by Gasteiger charge is -2.32. The molecule has 2 aromatic carbocycles. The minimum Gasteiger partial charge on any atom is -0.490 e. The Labute approximate surface area is 180 Å². The number of anilines is 1. The highest BCUT2D eigenvalue weighted by Gasteiger charge is 2.20. The molecule has 0 bridgehead atoms. The molecule has 0 N–H and O–H groups in total. The summed E-state index contributed by atoms with van der Waals surface area (Å²) >= 11 is 0. The van der Waals surface area contributed by atoms with Gasteiger partial charge in [0.05, 0.1) is 0 Å². The summed E-state index contributed by atoms with van der Waals surface area (Å²) < 4.78 is 6.26. The summed E-state index contributed by atoms with van der Waals surface area (Å²) in [4.78, 5) is 9.07. The molecule has 1 aliphatic rings. The van der Waals surface area contributed by atoms with Crippen LogP contribution < -0.4 is 9.64 Å². The van der Waals surface area contributed by atoms with Gasteiger partial charge < -0.3 is 14.5 Å². The van der Waals surface area contributed by atoms with Crippen LogP contribution in [0.3, 0.4) is 0 Å². The Bertz CT molecular complexity index is 899. The van der Waals surface area contributed by atoms with Crippen molar-refractivity contribution in [3.8, 4) is 16.9 Å². The van der Waals surface area contributed by atoms with Crippen molar-refractivity contribution in [3.05, 3.63) is 78.5 Å². The van der Waals surface area contributed by atoms with Gasteiger partial charge in [-0.1, -0.05) is 42.5 Å². The number of benzene rings is 2. The van der Waals surface area contributed by atoms with Gasteiger partial charge in [-0.25, -0.2) is 4.98 Å². The summed E-state index contributed by atoms with van der Waals surface area (Å²) in [6.07, 6.45) is 5.54. The van der Waals surface area contributed by atoms with Crippen molar-refractivity contribution in [3.63, 3.8) is 0 Å². The SMILES string of the molecule is CN(C)c1ccc(-c2ccc(OC3CCN(CCc4ccccc4)CC3)cc2)cn1. The molecule has 0 atom stereocenters. The summed E-state index contributed by atoms with van der Waals surface area (Å²) in [5, 5.41) is 0. The van der Waals surface area contributed by atoms with Crippen molar-refractivity contribution in [1.82, 2.24) is 9.88 Å². The highest BCUT2D eigenvalue weighted by atomic mass is 16.5. The molecule has 4 nitrogen and oxygen atoms in total. The summed E-state index contributed by atoms with van der Waals surface area (Å²) in [6, 6.07) is 23.3. The van der Waals surface area contributed by atoms with E-state index in [2.05, 4.69) is 70.5 Å². The Kier molecular flexibility index (Phi) is 6.65. The molecule has 0 amide bonds. The van der Waals surface area contributed by atoms with Crippen LogP contribution in [0.4, 0.5) is 5.82 Å². The van der Waals surface area contributed by atoms with Gasteiger partial charge in [0.2, 0.25) is 0 Å². The second-order valence-electron chi connectivity index (χ2n) is 8.22. The Morgan fingerprint density at radius 3 is 2.23 bits per heavy atom. The van der Waals surface area contributed by atoms with E-state index in [9.17, 15) is 0 Å². The average Bonchev–Trinajstić information content (AvgIpc) is 2.80. The maximum atomic E-state index is 6.26. The van der Waals surface area contributed by atoms with E-state index in [4.69, 9.17) is 4.74 Å². The van der Waals surface area contributed by atoms with E-state index in [1.54, 1.807) is 0 Å². The molecule has 4 heteroatoms. The molecule has 1 aromatic heterocycles. The van der Waals surface area contributed by atoms with E-state index in [0.717, 1.165) is 61.6 Å². The minimum absolute atomic E-state index is 0.310. The van der Waals surface area contributed by atoms with E-state index in [1.165, 1.54) is 5.56 Å². The smallest absolute Gasteiger partial charge is 0.127 e. The standard InChI is InChI=1S/C26H31N3O/c1-28(2)26-13-10-23(20-27-26)22-8-11-24(12-9-22)30-25-15-18-29(19-16-25)17-14-21-6-4-3-5-7-21/h3-13,20,25H,14-19H2,1-2H3. The Hall–Kier alpha value is -2.85. The second-order valence-corrected chi connectivity index (χ2v) is 8.22. The highest BCUT2D eigenvalue weighted by Crippen LogP contribution is 2.25. The van der Waals surface area contributed by atoms with Gasteiger partial charge in [-0.3, -0.25) is 0 Å². The van der Waals surface area contributed by atoms with Crippen LogP contribution in [0.2, 0.25) is 0 Å². The first-order chi connectivity index (χ1) is 14.7. The molecule has 1 fully saturated rings. The zero-order valence-electron chi connectivity index (χ0n) is 18.0. The first-order valence-corrected chi connectivity index (χ1v) is 10.8. The predicted octanol–water partition coefficient (Wildman–Crippen LogP) is 4.90. The molecule has 0 aliphatic carbocycles. The number of rotatable bonds is 7. The van der Waals surface area contributed by atoms with Gasteiger partial charge in [0.25, 0.3) is 0 Å². The van der Waals surface area contributed by atoms with E-state index in [1.807, 2.05) is 31.3 Å². The fraction of sp³-hybridized carbons (Fsp3) is 0.346. The molecule has 3 aromatic rings.